The van der Waals surface area contributed by atoms with Crippen molar-refractivity contribution in [3.63, 3.8) is 0 Å². The van der Waals surface area contributed by atoms with E-state index in [-0.39, 0.29) is 23.0 Å². The van der Waals surface area contributed by atoms with E-state index >= 15 is 0 Å². The fourth-order valence-electron chi connectivity index (χ4n) is 2.90. The third-order valence-corrected chi connectivity index (χ3v) is 6.67. The van der Waals surface area contributed by atoms with E-state index in [0.717, 1.165) is 17.8 Å². The quantitative estimate of drug-likeness (QED) is 0.467. The molecule has 0 spiro atoms. The average molecular weight is 450 g/mol. The number of thiazole rings is 1. The van der Waals surface area contributed by atoms with Crippen LogP contribution in [0.1, 0.15) is 5.69 Å². The topological polar surface area (TPSA) is 85.6 Å². The molecule has 2 heterocycles. The minimum Gasteiger partial charge on any atom is -0.495 e. The molecule has 4 rings (SSSR count). The van der Waals surface area contributed by atoms with Crippen LogP contribution in [0.25, 0.3) is 16.3 Å². The third kappa shape index (κ3) is 4.04. The second-order valence-electron chi connectivity index (χ2n) is 6.31. The van der Waals surface area contributed by atoms with Gasteiger partial charge in [-0.1, -0.05) is 12.1 Å². The molecule has 156 valence electrons. The summed E-state index contributed by atoms with van der Waals surface area (Å²) < 4.78 is 61.1. The number of ether oxygens (including phenoxy) is 1. The Labute approximate surface area is 175 Å². The van der Waals surface area contributed by atoms with Gasteiger partial charge in [-0.05, 0) is 30.3 Å². The zero-order chi connectivity index (χ0) is 21.3. The van der Waals surface area contributed by atoms with Crippen LogP contribution >= 0.6 is 11.3 Å². The lowest BCUT2D eigenvalue weighted by Gasteiger charge is -2.10. The van der Waals surface area contributed by atoms with E-state index in [0.29, 0.717) is 22.8 Å². The van der Waals surface area contributed by atoms with Crippen LogP contribution in [0.4, 0.5) is 8.78 Å². The van der Waals surface area contributed by atoms with Crippen LogP contribution in [-0.2, 0) is 16.4 Å². The molecular formula is C19H16F2N4O3S2. The first-order chi connectivity index (χ1) is 14.4. The summed E-state index contributed by atoms with van der Waals surface area (Å²) >= 11 is 1.34. The van der Waals surface area contributed by atoms with E-state index in [2.05, 4.69) is 14.8 Å². The monoisotopic (exact) mass is 450 g/mol. The van der Waals surface area contributed by atoms with E-state index in [1.165, 1.54) is 36.6 Å². The summed E-state index contributed by atoms with van der Waals surface area (Å²) in [4.78, 5) is 4.73. The molecule has 0 radical (unpaired) electrons. The SMILES string of the molecule is COc1ccc(F)cc1S(=O)(=O)NCCc1csc2nc(-c3cccc(F)c3)nn12. The highest BCUT2D eigenvalue weighted by molar-refractivity contribution is 7.89. The van der Waals surface area contributed by atoms with Crippen molar-refractivity contribution in [2.45, 2.75) is 11.3 Å². The van der Waals surface area contributed by atoms with E-state index in [9.17, 15) is 17.2 Å². The Bertz CT molecular complexity index is 1320. The molecule has 0 unspecified atom stereocenters. The molecule has 2 aromatic carbocycles. The van der Waals surface area contributed by atoms with Crippen molar-refractivity contribution in [1.29, 1.82) is 0 Å². The fraction of sp³-hybridized carbons (Fsp3) is 0.158. The van der Waals surface area contributed by atoms with Crippen molar-refractivity contribution in [3.05, 3.63) is 65.2 Å². The second-order valence-corrected chi connectivity index (χ2v) is 8.88. The number of sulfonamides is 1. The zero-order valence-electron chi connectivity index (χ0n) is 15.7. The van der Waals surface area contributed by atoms with E-state index in [1.54, 1.807) is 16.6 Å². The molecule has 11 heteroatoms. The molecule has 0 aliphatic carbocycles. The number of fused-ring (bicyclic) bond motifs is 1. The van der Waals surface area contributed by atoms with E-state index in [1.807, 2.05) is 5.38 Å². The van der Waals surface area contributed by atoms with E-state index in [4.69, 9.17) is 4.74 Å². The van der Waals surface area contributed by atoms with Gasteiger partial charge in [0.2, 0.25) is 15.0 Å². The van der Waals surface area contributed by atoms with Gasteiger partial charge in [0.25, 0.3) is 0 Å². The molecule has 1 N–H and O–H groups in total. The molecule has 7 nitrogen and oxygen atoms in total. The van der Waals surface area contributed by atoms with Gasteiger partial charge in [0.1, 0.15) is 22.3 Å². The number of rotatable bonds is 7. The van der Waals surface area contributed by atoms with Crippen molar-refractivity contribution in [3.8, 4) is 17.1 Å². The smallest absolute Gasteiger partial charge is 0.244 e. The number of methoxy groups -OCH3 is 1. The maximum absolute atomic E-state index is 13.5. The number of hydrogen-bond donors (Lipinski definition) is 1. The van der Waals surface area contributed by atoms with Gasteiger partial charge in [-0.25, -0.2) is 26.4 Å². The van der Waals surface area contributed by atoms with Crippen LogP contribution in [0, 0.1) is 11.6 Å². The van der Waals surface area contributed by atoms with Crippen molar-refractivity contribution < 1.29 is 21.9 Å². The lowest BCUT2D eigenvalue weighted by molar-refractivity contribution is 0.400. The summed E-state index contributed by atoms with van der Waals surface area (Å²) in [5.74, 6) is -0.623. The summed E-state index contributed by atoms with van der Waals surface area (Å²) in [5, 5.41) is 6.22. The van der Waals surface area contributed by atoms with E-state index < -0.39 is 15.8 Å². The summed E-state index contributed by atoms with van der Waals surface area (Å²) in [7, 11) is -2.66. The van der Waals surface area contributed by atoms with Crippen LogP contribution in [0.15, 0.2) is 52.7 Å². The Morgan fingerprint density at radius 3 is 2.73 bits per heavy atom. The molecule has 0 aliphatic heterocycles. The average Bonchev–Trinajstić information content (AvgIpc) is 3.30. The normalized spacial score (nSPS) is 11.8. The number of aromatic nitrogens is 3. The summed E-state index contributed by atoms with van der Waals surface area (Å²) in [6.45, 7) is 0.0585. The van der Waals surface area contributed by atoms with Gasteiger partial charge in [-0.3, -0.25) is 0 Å². The molecule has 2 aromatic heterocycles. The maximum atomic E-state index is 13.5. The second kappa shape index (κ2) is 8.09. The first-order valence-corrected chi connectivity index (χ1v) is 11.2. The molecule has 4 aromatic rings. The zero-order valence-corrected chi connectivity index (χ0v) is 17.3. The number of benzene rings is 2. The molecule has 0 aliphatic rings. The molecule has 0 bridgehead atoms. The first kappa shape index (κ1) is 20.4. The Morgan fingerprint density at radius 2 is 1.97 bits per heavy atom. The molecule has 30 heavy (non-hydrogen) atoms. The van der Waals surface area contributed by atoms with Crippen molar-refractivity contribution >= 4 is 26.3 Å². The largest absolute Gasteiger partial charge is 0.495 e. The Kier molecular flexibility index (Phi) is 5.50. The Hall–Kier alpha value is -2.89. The molecule has 0 fully saturated rings. The number of nitrogens with one attached hydrogen (secondary N) is 1. The van der Waals surface area contributed by atoms with Crippen LogP contribution in [0.3, 0.4) is 0 Å². The van der Waals surface area contributed by atoms with Crippen LogP contribution in [0.5, 0.6) is 5.75 Å². The third-order valence-electron chi connectivity index (χ3n) is 4.32. The molecule has 0 saturated carbocycles. The standard InChI is InChI=1S/C19H16F2N4O3S2/c1-28-16-6-5-14(21)10-17(16)30(26,27)22-8-7-15-11-29-19-23-18(24-25(15)19)12-3-2-4-13(20)9-12/h2-6,9-11,22H,7-8H2,1H3. The van der Waals surface area contributed by atoms with Crippen molar-refractivity contribution in [2.75, 3.05) is 13.7 Å². The predicted molar refractivity (Wildman–Crippen MR) is 108 cm³/mol. The minimum absolute atomic E-state index is 0.0536. The maximum Gasteiger partial charge on any atom is 0.244 e. The molecule has 0 amide bonds. The summed E-state index contributed by atoms with van der Waals surface area (Å²) in [6.07, 6.45) is 0.322. The minimum atomic E-state index is -3.97. The van der Waals surface area contributed by atoms with Gasteiger partial charge < -0.3 is 4.74 Å². The van der Waals surface area contributed by atoms with Crippen LogP contribution in [-0.4, -0.2) is 36.7 Å². The molecule has 0 saturated heterocycles. The van der Waals surface area contributed by atoms with Gasteiger partial charge in [0.15, 0.2) is 5.82 Å². The van der Waals surface area contributed by atoms with Crippen molar-refractivity contribution in [2.24, 2.45) is 0 Å². The fourth-order valence-corrected chi connectivity index (χ4v) is 4.96. The Balaban J connectivity index is 1.51. The predicted octanol–water partition coefficient (Wildman–Crippen LogP) is 3.27. The Morgan fingerprint density at radius 1 is 1.17 bits per heavy atom. The van der Waals surface area contributed by atoms with Crippen molar-refractivity contribution in [1.82, 2.24) is 19.3 Å². The van der Waals surface area contributed by atoms with Gasteiger partial charge in [0.05, 0.1) is 12.8 Å². The molecular weight excluding hydrogens is 434 g/mol. The molecule has 0 atom stereocenters. The highest BCUT2D eigenvalue weighted by atomic mass is 32.2. The van der Waals surface area contributed by atoms with Gasteiger partial charge in [-0.2, -0.15) is 4.98 Å². The first-order valence-electron chi connectivity index (χ1n) is 8.79. The van der Waals surface area contributed by atoms with Gasteiger partial charge in [-0.15, -0.1) is 16.4 Å². The lowest BCUT2D eigenvalue weighted by Crippen LogP contribution is -2.26. The summed E-state index contributed by atoms with van der Waals surface area (Å²) in [6, 6.07) is 9.27. The highest BCUT2D eigenvalue weighted by Crippen LogP contribution is 2.25. The van der Waals surface area contributed by atoms with Gasteiger partial charge in [0, 0.05) is 23.9 Å². The van der Waals surface area contributed by atoms with Crippen LogP contribution < -0.4 is 9.46 Å². The number of hydrogen-bond acceptors (Lipinski definition) is 6. The lowest BCUT2D eigenvalue weighted by atomic mass is 10.2. The highest BCUT2D eigenvalue weighted by Gasteiger charge is 2.20. The van der Waals surface area contributed by atoms with Gasteiger partial charge >= 0.3 is 0 Å². The summed E-state index contributed by atoms with van der Waals surface area (Å²) in [5.41, 5.74) is 1.29. The number of nitrogens with zero attached hydrogens (tertiary/aromatic N) is 3. The van der Waals surface area contributed by atoms with Crippen LogP contribution in [0.2, 0.25) is 0 Å². The number of halogens is 2.